The number of rotatable bonds is 4. The molecule has 1 amide bonds. The molecule has 2 rings (SSSR count). The summed E-state index contributed by atoms with van der Waals surface area (Å²) in [6.07, 6.45) is 2.04. The monoisotopic (exact) mass is 288 g/mol. The Bertz CT molecular complexity index is 686. The van der Waals surface area contributed by atoms with E-state index in [0.29, 0.717) is 30.1 Å². The van der Waals surface area contributed by atoms with Gasteiger partial charge in [-0.05, 0) is 25.5 Å². The largest absolute Gasteiger partial charge is 0.397 e. The van der Waals surface area contributed by atoms with Gasteiger partial charge in [0.15, 0.2) is 0 Å². The number of pyridine rings is 1. The van der Waals surface area contributed by atoms with E-state index in [1.54, 1.807) is 11.1 Å². The van der Waals surface area contributed by atoms with Crippen LogP contribution in [0.5, 0.6) is 0 Å². The zero-order chi connectivity index (χ0) is 14.7. The minimum absolute atomic E-state index is 0.123. The lowest BCUT2D eigenvalue weighted by Gasteiger charge is -2.18. The summed E-state index contributed by atoms with van der Waals surface area (Å²) in [6.45, 7) is 4.82. The first-order valence-electron chi connectivity index (χ1n) is 6.40. The second-order valence-corrected chi connectivity index (χ2v) is 5.44. The SMILES string of the molecule is CCN(CCC#N)C(=O)c1sc2nccc(C)c2c1N. The summed E-state index contributed by atoms with van der Waals surface area (Å²) in [7, 11) is 0. The number of hydrogen-bond acceptors (Lipinski definition) is 5. The van der Waals surface area contributed by atoms with Gasteiger partial charge in [0.1, 0.15) is 9.71 Å². The zero-order valence-electron chi connectivity index (χ0n) is 11.5. The number of nitrogens with two attached hydrogens (primary N) is 1. The second-order valence-electron chi connectivity index (χ2n) is 4.45. The Morgan fingerprint density at radius 2 is 2.35 bits per heavy atom. The van der Waals surface area contributed by atoms with Gasteiger partial charge in [-0.15, -0.1) is 11.3 Å². The fourth-order valence-corrected chi connectivity index (χ4v) is 3.20. The van der Waals surface area contributed by atoms with Crippen molar-refractivity contribution < 1.29 is 4.79 Å². The quantitative estimate of drug-likeness (QED) is 0.937. The van der Waals surface area contributed by atoms with Crippen molar-refractivity contribution in [2.24, 2.45) is 0 Å². The molecule has 0 fully saturated rings. The Morgan fingerprint density at radius 1 is 1.60 bits per heavy atom. The Balaban J connectivity index is 2.42. The molecule has 0 aliphatic rings. The molecular formula is C14H16N4OS. The van der Waals surface area contributed by atoms with Crippen LogP contribution in [-0.2, 0) is 0 Å². The van der Waals surface area contributed by atoms with Gasteiger partial charge in [0.2, 0.25) is 0 Å². The molecule has 0 aliphatic carbocycles. The van der Waals surface area contributed by atoms with Gasteiger partial charge in [-0.2, -0.15) is 5.26 Å². The molecule has 0 radical (unpaired) electrons. The maximum absolute atomic E-state index is 12.5. The van der Waals surface area contributed by atoms with Crippen molar-refractivity contribution in [1.82, 2.24) is 9.88 Å². The highest BCUT2D eigenvalue weighted by molar-refractivity contribution is 7.21. The lowest BCUT2D eigenvalue weighted by Crippen LogP contribution is -2.31. The van der Waals surface area contributed by atoms with Gasteiger partial charge >= 0.3 is 0 Å². The molecule has 0 unspecified atom stereocenters. The van der Waals surface area contributed by atoms with Gasteiger partial charge in [-0.25, -0.2) is 4.98 Å². The Labute approximate surface area is 121 Å². The third kappa shape index (κ3) is 2.45. The molecule has 0 saturated carbocycles. The molecule has 20 heavy (non-hydrogen) atoms. The average Bonchev–Trinajstić information content (AvgIpc) is 2.78. The molecule has 2 heterocycles. The average molecular weight is 288 g/mol. The van der Waals surface area contributed by atoms with Gasteiger partial charge in [0.05, 0.1) is 18.2 Å². The minimum Gasteiger partial charge on any atom is -0.397 e. The van der Waals surface area contributed by atoms with Crippen LogP contribution in [-0.4, -0.2) is 28.9 Å². The van der Waals surface area contributed by atoms with Crippen molar-refractivity contribution >= 4 is 33.1 Å². The van der Waals surface area contributed by atoms with Gasteiger partial charge in [0, 0.05) is 24.7 Å². The maximum atomic E-state index is 12.5. The third-order valence-corrected chi connectivity index (χ3v) is 4.30. The third-order valence-electron chi connectivity index (χ3n) is 3.19. The summed E-state index contributed by atoms with van der Waals surface area (Å²) in [5.41, 5.74) is 7.63. The van der Waals surface area contributed by atoms with E-state index in [9.17, 15) is 4.79 Å². The van der Waals surface area contributed by atoms with E-state index in [2.05, 4.69) is 11.1 Å². The molecule has 0 saturated heterocycles. The van der Waals surface area contributed by atoms with Crippen LogP contribution >= 0.6 is 11.3 Å². The smallest absolute Gasteiger partial charge is 0.266 e. The van der Waals surface area contributed by atoms with Crippen LogP contribution in [0, 0.1) is 18.3 Å². The lowest BCUT2D eigenvalue weighted by atomic mass is 10.1. The van der Waals surface area contributed by atoms with Crippen molar-refractivity contribution in [2.45, 2.75) is 20.3 Å². The molecule has 0 aliphatic heterocycles. The molecule has 104 valence electrons. The van der Waals surface area contributed by atoms with Crippen molar-refractivity contribution in [1.29, 1.82) is 5.26 Å². The lowest BCUT2D eigenvalue weighted by molar-refractivity contribution is 0.0773. The highest BCUT2D eigenvalue weighted by atomic mass is 32.1. The summed E-state index contributed by atoms with van der Waals surface area (Å²) in [4.78, 5) is 19.7. The number of carbonyl (C=O) groups is 1. The molecule has 2 aromatic rings. The highest BCUT2D eigenvalue weighted by Crippen LogP contribution is 2.34. The summed E-state index contributed by atoms with van der Waals surface area (Å²) < 4.78 is 0. The van der Waals surface area contributed by atoms with Crippen LogP contribution in [0.15, 0.2) is 12.3 Å². The Hall–Kier alpha value is -2.13. The van der Waals surface area contributed by atoms with Crippen LogP contribution in [0.4, 0.5) is 5.69 Å². The maximum Gasteiger partial charge on any atom is 0.266 e. The minimum atomic E-state index is -0.123. The number of aromatic nitrogens is 1. The number of nitrogen functional groups attached to an aromatic ring is 1. The molecule has 2 N–H and O–H groups in total. The van der Waals surface area contributed by atoms with Crippen molar-refractivity contribution in [3.05, 3.63) is 22.7 Å². The van der Waals surface area contributed by atoms with Gasteiger partial charge in [-0.1, -0.05) is 0 Å². The van der Waals surface area contributed by atoms with E-state index in [-0.39, 0.29) is 5.91 Å². The van der Waals surface area contributed by atoms with E-state index in [0.717, 1.165) is 15.8 Å². The van der Waals surface area contributed by atoms with E-state index < -0.39 is 0 Å². The number of fused-ring (bicyclic) bond motifs is 1. The summed E-state index contributed by atoms with van der Waals surface area (Å²) in [5.74, 6) is -0.123. The number of nitriles is 1. The number of nitrogens with zero attached hydrogens (tertiary/aromatic N) is 3. The van der Waals surface area contributed by atoms with Gasteiger partial charge in [-0.3, -0.25) is 4.79 Å². The van der Waals surface area contributed by atoms with Crippen LogP contribution in [0.2, 0.25) is 0 Å². The molecule has 2 aromatic heterocycles. The van der Waals surface area contributed by atoms with Crippen LogP contribution in [0.1, 0.15) is 28.6 Å². The zero-order valence-corrected chi connectivity index (χ0v) is 12.3. The normalized spacial score (nSPS) is 10.4. The number of hydrogen-bond donors (Lipinski definition) is 1. The summed E-state index contributed by atoms with van der Waals surface area (Å²) in [5, 5.41) is 9.51. The molecule has 5 nitrogen and oxygen atoms in total. The standard InChI is InChI=1S/C14H16N4OS/c1-3-18(8-4-6-15)14(19)12-11(16)10-9(2)5-7-17-13(10)20-12/h5,7H,3-4,8,16H2,1-2H3. The Kier molecular flexibility index (Phi) is 4.20. The molecule has 0 atom stereocenters. The second kappa shape index (κ2) is 5.88. The predicted molar refractivity (Wildman–Crippen MR) is 80.6 cm³/mol. The van der Waals surface area contributed by atoms with Crippen LogP contribution < -0.4 is 5.73 Å². The number of carbonyl (C=O) groups excluding carboxylic acids is 1. The first kappa shape index (κ1) is 14.3. The van der Waals surface area contributed by atoms with Crippen molar-refractivity contribution in [3.8, 4) is 6.07 Å². The molecule has 0 spiro atoms. The van der Waals surface area contributed by atoms with E-state index in [1.807, 2.05) is 19.9 Å². The predicted octanol–water partition coefficient (Wildman–Crippen LogP) is 2.56. The van der Waals surface area contributed by atoms with Crippen molar-refractivity contribution in [2.75, 3.05) is 18.8 Å². The van der Waals surface area contributed by atoms with Crippen molar-refractivity contribution in [3.63, 3.8) is 0 Å². The highest BCUT2D eigenvalue weighted by Gasteiger charge is 2.22. The Morgan fingerprint density at radius 3 is 2.95 bits per heavy atom. The summed E-state index contributed by atoms with van der Waals surface area (Å²) >= 11 is 1.31. The fraction of sp³-hybridized carbons (Fsp3) is 0.357. The number of aryl methyl sites for hydroxylation is 1. The first-order chi connectivity index (χ1) is 9.60. The van der Waals surface area contributed by atoms with Gasteiger partial charge < -0.3 is 10.6 Å². The molecule has 0 bridgehead atoms. The molecule has 6 heteroatoms. The van der Waals surface area contributed by atoms with E-state index in [1.165, 1.54) is 11.3 Å². The molecular weight excluding hydrogens is 272 g/mol. The van der Waals surface area contributed by atoms with E-state index in [4.69, 9.17) is 11.0 Å². The fourth-order valence-electron chi connectivity index (χ4n) is 2.09. The number of amides is 1. The molecule has 0 aromatic carbocycles. The first-order valence-corrected chi connectivity index (χ1v) is 7.21. The van der Waals surface area contributed by atoms with Crippen LogP contribution in [0.3, 0.4) is 0 Å². The topological polar surface area (TPSA) is 83.0 Å². The number of thiophene rings is 1. The number of anilines is 1. The van der Waals surface area contributed by atoms with Gasteiger partial charge in [0.25, 0.3) is 5.91 Å². The van der Waals surface area contributed by atoms with E-state index >= 15 is 0 Å². The summed E-state index contributed by atoms with van der Waals surface area (Å²) in [6, 6.07) is 3.94. The van der Waals surface area contributed by atoms with Crippen LogP contribution in [0.25, 0.3) is 10.2 Å².